The predicted molar refractivity (Wildman–Crippen MR) is 65.1 cm³/mol. The van der Waals surface area contributed by atoms with E-state index in [1.54, 1.807) is 7.11 Å². The fourth-order valence-electron chi connectivity index (χ4n) is 2.21. The minimum atomic E-state index is -0.592. The smallest absolute Gasteiger partial charge is 0.122 e. The first-order chi connectivity index (χ1) is 8.22. The molecule has 0 aromatic heterocycles. The molecule has 0 saturated carbocycles. The monoisotopic (exact) mass is 237 g/mol. The van der Waals surface area contributed by atoms with Crippen molar-refractivity contribution < 1.29 is 14.6 Å². The van der Waals surface area contributed by atoms with Crippen LogP contribution in [0, 0.1) is 0 Å². The summed E-state index contributed by atoms with van der Waals surface area (Å²) < 4.78 is 10.5. The standard InChI is InChI=1S/C13H19NO3/c1-16-7-9(15)8-17-13-4-2-3-10-11(13)5-6-12(10)14/h2-4,9,12,15H,5-8,14H2,1H3. The normalized spacial score (nSPS) is 20.1. The zero-order chi connectivity index (χ0) is 12.3. The van der Waals surface area contributed by atoms with Gasteiger partial charge in [0.1, 0.15) is 18.5 Å². The third kappa shape index (κ3) is 2.77. The van der Waals surface area contributed by atoms with E-state index < -0.39 is 6.10 Å². The van der Waals surface area contributed by atoms with Crippen LogP contribution >= 0.6 is 0 Å². The van der Waals surface area contributed by atoms with Crippen LogP contribution in [0.4, 0.5) is 0 Å². The van der Waals surface area contributed by atoms with Crippen molar-refractivity contribution in [2.24, 2.45) is 5.73 Å². The van der Waals surface area contributed by atoms with Gasteiger partial charge in [-0.25, -0.2) is 0 Å². The topological polar surface area (TPSA) is 64.7 Å². The van der Waals surface area contributed by atoms with E-state index in [9.17, 15) is 5.11 Å². The highest BCUT2D eigenvalue weighted by molar-refractivity contribution is 5.44. The molecule has 17 heavy (non-hydrogen) atoms. The predicted octanol–water partition coefficient (Wildman–Crippen LogP) is 1.02. The minimum Gasteiger partial charge on any atom is -0.491 e. The van der Waals surface area contributed by atoms with E-state index in [1.165, 1.54) is 11.1 Å². The average Bonchev–Trinajstić information content (AvgIpc) is 2.70. The molecule has 0 radical (unpaired) electrons. The number of aliphatic hydroxyl groups is 1. The lowest BCUT2D eigenvalue weighted by atomic mass is 10.1. The summed E-state index contributed by atoms with van der Waals surface area (Å²) in [6.45, 7) is 0.536. The number of rotatable bonds is 5. The molecule has 4 nitrogen and oxygen atoms in total. The molecule has 0 heterocycles. The van der Waals surface area contributed by atoms with Crippen LogP contribution in [0.5, 0.6) is 5.75 Å². The van der Waals surface area contributed by atoms with Gasteiger partial charge in [0.2, 0.25) is 0 Å². The average molecular weight is 237 g/mol. The number of hydrogen-bond acceptors (Lipinski definition) is 4. The molecule has 2 unspecified atom stereocenters. The molecule has 0 spiro atoms. The minimum absolute atomic E-state index is 0.123. The van der Waals surface area contributed by atoms with Crippen molar-refractivity contribution in [3.05, 3.63) is 29.3 Å². The van der Waals surface area contributed by atoms with Gasteiger partial charge >= 0.3 is 0 Å². The summed E-state index contributed by atoms with van der Waals surface area (Å²) in [4.78, 5) is 0. The molecule has 0 aliphatic heterocycles. The second kappa shape index (κ2) is 5.49. The largest absolute Gasteiger partial charge is 0.491 e. The molecule has 1 aromatic carbocycles. The quantitative estimate of drug-likeness (QED) is 0.802. The summed E-state index contributed by atoms with van der Waals surface area (Å²) in [6.07, 6.45) is 1.33. The first-order valence-electron chi connectivity index (χ1n) is 5.89. The SMILES string of the molecule is COCC(O)COc1cccc2c1CCC2N. The number of ether oxygens (including phenoxy) is 2. The van der Waals surface area contributed by atoms with Crippen molar-refractivity contribution in [2.75, 3.05) is 20.3 Å². The van der Waals surface area contributed by atoms with Gasteiger partial charge in [-0.1, -0.05) is 12.1 Å². The van der Waals surface area contributed by atoms with Crippen molar-refractivity contribution in [1.82, 2.24) is 0 Å². The molecule has 0 fully saturated rings. The van der Waals surface area contributed by atoms with Gasteiger partial charge in [0.25, 0.3) is 0 Å². The maximum atomic E-state index is 9.54. The van der Waals surface area contributed by atoms with E-state index in [-0.39, 0.29) is 19.3 Å². The van der Waals surface area contributed by atoms with Gasteiger partial charge in [0, 0.05) is 13.2 Å². The van der Waals surface area contributed by atoms with Crippen molar-refractivity contribution in [3.8, 4) is 5.75 Å². The van der Waals surface area contributed by atoms with Crippen molar-refractivity contribution in [2.45, 2.75) is 25.0 Å². The van der Waals surface area contributed by atoms with Crippen molar-refractivity contribution in [1.29, 1.82) is 0 Å². The molecule has 2 atom stereocenters. The lowest BCUT2D eigenvalue weighted by Gasteiger charge is -2.14. The summed E-state index contributed by atoms with van der Waals surface area (Å²) in [5, 5.41) is 9.54. The van der Waals surface area contributed by atoms with Crippen LogP contribution in [-0.2, 0) is 11.2 Å². The summed E-state index contributed by atoms with van der Waals surface area (Å²) in [7, 11) is 1.56. The van der Waals surface area contributed by atoms with Gasteiger partial charge < -0.3 is 20.3 Å². The third-order valence-corrected chi connectivity index (χ3v) is 3.06. The van der Waals surface area contributed by atoms with Crippen LogP contribution in [0.3, 0.4) is 0 Å². The van der Waals surface area contributed by atoms with E-state index in [2.05, 4.69) is 0 Å². The Morgan fingerprint density at radius 2 is 2.29 bits per heavy atom. The number of aliphatic hydroxyl groups excluding tert-OH is 1. The van der Waals surface area contributed by atoms with Crippen LogP contribution in [0.25, 0.3) is 0 Å². The zero-order valence-electron chi connectivity index (χ0n) is 10.1. The Morgan fingerprint density at radius 3 is 3.06 bits per heavy atom. The van der Waals surface area contributed by atoms with Gasteiger partial charge in [0.15, 0.2) is 0 Å². The van der Waals surface area contributed by atoms with Gasteiger partial charge in [-0.15, -0.1) is 0 Å². The number of benzene rings is 1. The number of methoxy groups -OCH3 is 1. The molecule has 1 aliphatic rings. The Hall–Kier alpha value is -1.10. The number of hydrogen-bond donors (Lipinski definition) is 2. The van der Waals surface area contributed by atoms with E-state index in [4.69, 9.17) is 15.2 Å². The van der Waals surface area contributed by atoms with E-state index >= 15 is 0 Å². The van der Waals surface area contributed by atoms with E-state index in [1.807, 2.05) is 18.2 Å². The molecular weight excluding hydrogens is 218 g/mol. The summed E-state index contributed by atoms with van der Waals surface area (Å²) in [5.74, 6) is 0.839. The maximum absolute atomic E-state index is 9.54. The molecule has 0 amide bonds. The highest BCUT2D eigenvalue weighted by Crippen LogP contribution is 2.35. The molecule has 2 rings (SSSR count). The molecule has 0 saturated heterocycles. The molecule has 0 bridgehead atoms. The summed E-state index contributed by atoms with van der Waals surface area (Å²) in [6, 6.07) is 6.04. The Balaban J connectivity index is 2.02. The highest BCUT2D eigenvalue weighted by Gasteiger charge is 2.22. The summed E-state index contributed by atoms with van der Waals surface area (Å²) >= 11 is 0. The van der Waals surface area contributed by atoms with Crippen molar-refractivity contribution >= 4 is 0 Å². The summed E-state index contributed by atoms with van der Waals surface area (Å²) in [5.41, 5.74) is 8.35. The fourth-order valence-corrected chi connectivity index (χ4v) is 2.21. The van der Waals surface area contributed by atoms with Gasteiger partial charge in [-0.3, -0.25) is 0 Å². The van der Waals surface area contributed by atoms with E-state index in [0.29, 0.717) is 0 Å². The lowest BCUT2D eigenvalue weighted by molar-refractivity contribution is 0.0323. The van der Waals surface area contributed by atoms with Crippen LogP contribution < -0.4 is 10.5 Å². The van der Waals surface area contributed by atoms with Crippen LogP contribution in [0.1, 0.15) is 23.6 Å². The van der Waals surface area contributed by atoms with Gasteiger partial charge in [-0.05, 0) is 30.0 Å². The third-order valence-electron chi connectivity index (χ3n) is 3.06. The van der Waals surface area contributed by atoms with Gasteiger partial charge in [0.05, 0.1) is 6.61 Å². The highest BCUT2D eigenvalue weighted by atomic mass is 16.5. The fraction of sp³-hybridized carbons (Fsp3) is 0.538. The Bertz CT molecular complexity index is 381. The lowest BCUT2D eigenvalue weighted by Crippen LogP contribution is -2.22. The molecular formula is C13H19NO3. The zero-order valence-corrected chi connectivity index (χ0v) is 10.1. The maximum Gasteiger partial charge on any atom is 0.122 e. The second-order valence-corrected chi connectivity index (χ2v) is 4.39. The molecule has 1 aliphatic carbocycles. The molecule has 1 aromatic rings. The number of fused-ring (bicyclic) bond motifs is 1. The Labute approximate surface area is 101 Å². The molecule has 3 N–H and O–H groups in total. The van der Waals surface area contributed by atoms with Crippen molar-refractivity contribution in [3.63, 3.8) is 0 Å². The second-order valence-electron chi connectivity index (χ2n) is 4.39. The Morgan fingerprint density at radius 1 is 1.47 bits per heavy atom. The van der Waals surface area contributed by atoms with Gasteiger partial charge in [-0.2, -0.15) is 0 Å². The van der Waals surface area contributed by atoms with E-state index in [0.717, 1.165) is 18.6 Å². The first kappa shape index (κ1) is 12.4. The molecule has 4 heteroatoms. The number of nitrogens with two attached hydrogens (primary N) is 1. The van der Waals surface area contributed by atoms with Crippen LogP contribution in [0.15, 0.2) is 18.2 Å². The molecule has 94 valence electrons. The van der Waals surface area contributed by atoms with Crippen LogP contribution in [0.2, 0.25) is 0 Å². The Kier molecular flexibility index (Phi) is 3.99. The first-order valence-corrected chi connectivity index (χ1v) is 5.89. The van der Waals surface area contributed by atoms with Crippen LogP contribution in [-0.4, -0.2) is 31.5 Å².